The van der Waals surface area contributed by atoms with E-state index in [1.807, 2.05) is 6.07 Å². The molecule has 0 radical (unpaired) electrons. The minimum Gasteiger partial charge on any atom is -0.359 e. The summed E-state index contributed by atoms with van der Waals surface area (Å²) in [7, 11) is 0. The van der Waals surface area contributed by atoms with Gasteiger partial charge in [0.05, 0.1) is 5.69 Å². The Hall–Kier alpha value is -0.790. The summed E-state index contributed by atoms with van der Waals surface area (Å²) in [5.74, 6) is 2.96. The zero-order valence-corrected chi connectivity index (χ0v) is 17.6. The molecule has 2 N–H and O–H groups in total. The lowest BCUT2D eigenvalue weighted by Crippen LogP contribution is -2.38. The first-order valence-electron chi connectivity index (χ1n) is 9.16. The lowest BCUT2D eigenvalue weighted by molar-refractivity contribution is 0.339. The third-order valence-corrected chi connectivity index (χ3v) is 4.48. The van der Waals surface area contributed by atoms with E-state index in [2.05, 4.69) is 41.6 Å². The first-order chi connectivity index (χ1) is 11.2. The zero-order valence-electron chi connectivity index (χ0n) is 15.3. The Kier molecular flexibility index (Phi) is 10.4. The van der Waals surface area contributed by atoms with Crippen LogP contribution in [0.1, 0.15) is 76.7 Å². The Morgan fingerprint density at radius 1 is 1.29 bits per heavy atom. The highest BCUT2D eigenvalue weighted by Crippen LogP contribution is 2.25. The van der Waals surface area contributed by atoms with Crippen molar-refractivity contribution < 1.29 is 4.52 Å². The SMILES string of the molecule is CCNC(=NCc1cc(C(C)C)no1)NCCC1CCCCC1.I. The number of halogens is 1. The highest BCUT2D eigenvalue weighted by atomic mass is 127. The summed E-state index contributed by atoms with van der Waals surface area (Å²) in [4.78, 5) is 4.60. The molecule has 0 bridgehead atoms. The highest BCUT2D eigenvalue weighted by Gasteiger charge is 2.13. The fourth-order valence-electron chi connectivity index (χ4n) is 3.04. The summed E-state index contributed by atoms with van der Waals surface area (Å²) in [5.41, 5.74) is 0.991. The summed E-state index contributed by atoms with van der Waals surface area (Å²) in [6, 6.07) is 2.00. The van der Waals surface area contributed by atoms with E-state index in [9.17, 15) is 0 Å². The Bertz CT molecular complexity index is 481. The van der Waals surface area contributed by atoms with Crippen molar-refractivity contribution in [3.05, 3.63) is 17.5 Å². The minimum atomic E-state index is 0. The smallest absolute Gasteiger partial charge is 0.191 e. The Labute approximate surface area is 163 Å². The third kappa shape index (κ3) is 7.40. The largest absolute Gasteiger partial charge is 0.359 e. The van der Waals surface area contributed by atoms with Crippen molar-refractivity contribution >= 4 is 29.9 Å². The van der Waals surface area contributed by atoms with Crippen LogP contribution in [0.25, 0.3) is 0 Å². The summed E-state index contributed by atoms with van der Waals surface area (Å²) < 4.78 is 5.34. The number of guanidine groups is 1. The van der Waals surface area contributed by atoms with Crippen LogP contribution in [0.5, 0.6) is 0 Å². The molecule has 0 aromatic carbocycles. The lowest BCUT2D eigenvalue weighted by atomic mass is 9.87. The number of nitrogens with one attached hydrogen (secondary N) is 2. The van der Waals surface area contributed by atoms with Gasteiger partial charge in [-0.15, -0.1) is 24.0 Å². The Balaban J connectivity index is 0.00000288. The molecule has 0 saturated heterocycles. The number of hydrogen-bond acceptors (Lipinski definition) is 3. The number of aliphatic imine (C=N–C) groups is 1. The van der Waals surface area contributed by atoms with Crippen molar-refractivity contribution in [1.29, 1.82) is 0 Å². The molecule has 0 unspecified atom stereocenters. The number of nitrogens with zero attached hydrogens (tertiary/aromatic N) is 2. The average molecular weight is 448 g/mol. The molecule has 1 aromatic rings. The molecule has 0 amide bonds. The second kappa shape index (κ2) is 11.7. The van der Waals surface area contributed by atoms with Crippen LogP contribution < -0.4 is 10.6 Å². The monoisotopic (exact) mass is 448 g/mol. The lowest BCUT2D eigenvalue weighted by Gasteiger charge is -2.22. The predicted molar refractivity (Wildman–Crippen MR) is 110 cm³/mol. The van der Waals surface area contributed by atoms with E-state index < -0.39 is 0 Å². The maximum Gasteiger partial charge on any atom is 0.191 e. The van der Waals surface area contributed by atoms with Crippen LogP contribution in [-0.2, 0) is 6.54 Å². The summed E-state index contributed by atoms with van der Waals surface area (Å²) >= 11 is 0. The molecule has 1 aliphatic rings. The van der Waals surface area contributed by atoms with E-state index in [-0.39, 0.29) is 24.0 Å². The molecule has 0 spiro atoms. The molecule has 5 nitrogen and oxygen atoms in total. The van der Waals surface area contributed by atoms with Crippen LogP contribution >= 0.6 is 24.0 Å². The molecule has 6 heteroatoms. The van der Waals surface area contributed by atoms with E-state index in [0.717, 1.165) is 36.4 Å². The normalized spacial score (nSPS) is 16.1. The van der Waals surface area contributed by atoms with Crippen LogP contribution in [-0.4, -0.2) is 24.2 Å². The van der Waals surface area contributed by atoms with Gasteiger partial charge in [0.1, 0.15) is 6.54 Å². The van der Waals surface area contributed by atoms with Gasteiger partial charge >= 0.3 is 0 Å². The topological polar surface area (TPSA) is 62.5 Å². The van der Waals surface area contributed by atoms with Gasteiger partial charge in [0.15, 0.2) is 11.7 Å². The van der Waals surface area contributed by atoms with E-state index in [4.69, 9.17) is 4.52 Å². The molecule has 24 heavy (non-hydrogen) atoms. The van der Waals surface area contributed by atoms with Crippen molar-refractivity contribution in [2.45, 2.75) is 71.8 Å². The number of rotatable bonds is 7. The van der Waals surface area contributed by atoms with Crippen molar-refractivity contribution in [2.24, 2.45) is 10.9 Å². The fourth-order valence-corrected chi connectivity index (χ4v) is 3.04. The predicted octanol–water partition coefficient (Wildman–Crippen LogP) is 4.44. The molecule has 1 saturated carbocycles. The van der Waals surface area contributed by atoms with Gasteiger partial charge in [-0.2, -0.15) is 0 Å². The van der Waals surface area contributed by atoms with Crippen molar-refractivity contribution in [3.8, 4) is 0 Å². The molecule has 138 valence electrons. The summed E-state index contributed by atoms with van der Waals surface area (Å²) in [6.07, 6.45) is 8.26. The first-order valence-corrected chi connectivity index (χ1v) is 9.16. The van der Waals surface area contributed by atoms with Crippen LogP contribution in [0.4, 0.5) is 0 Å². The van der Waals surface area contributed by atoms with E-state index >= 15 is 0 Å². The molecule has 2 rings (SSSR count). The molecular weight excluding hydrogens is 415 g/mol. The van der Waals surface area contributed by atoms with Crippen LogP contribution in [0.3, 0.4) is 0 Å². The second-order valence-corrected chi connectivity index (χ2v) is 6.79. The summed E-state index contributed by atoms with van der Waals surface area (Å²) in [6.45, 7) is 8.69. The fraction of sp³-hybridized carbons (Fsp3) is 0.778. The molecule has 1 aromatic heterocycles. The Morgan fingerprint density at radius 2 is 2.04 bits per heavy atom. The van der Waals surface area contributed by atoms with Crippen LogP contribution in [0.2, 0.25) is 0 Å². The maximum absolute atomic E-state index is 5.34. The quantitative estimate of drug-likeness (QED) is 0.368. The van der Waals surface area contributed by atoms with E-state index in [1.54, 1.807) is 0 Å². The van der Waals surface area contributed by atoms with Crippen LogP contribution in [0.15, 0.2) is 15.6 Å². The van der Waals surface area contributed by atoms with Gasteiger partial charge in [-0.05, 0) is 25.2 Å². The van der Waals surface area contributed by atoms with Gasteiger partial charge in [-0.1, -0.05) is 51.1 Å². The molecule has 1 heterocycles. The number of aromatic nitrogens is 1. The number of hydrogen-bond donors (Lipinski definition) is 2. The van der Waals surface area contributed by atoms with Gasteiger partial charge < -0.3 is 15.2 Å². The van der Waals surface area contributed by atoms with Gasteiger partial charge in [0, 0.05) is 19.2 Å². The summed E-state index contributed by atoms with van der Waals surface area (Å²) in [5, 5.41) is 10.8. The molecule has 0 aliphatic heterocycles. The van der Waals surface area contributed by atoms with E-state index in [1.165, 1.54) is 38.5 Å². The van der Waals surface area contributed by atoms with Gasteiger partial charge in [0.2, 0.25) is 0 Å². The molecule has 0 atom stereocenters. The van der Waals surface area contributed by atoms with Crippen molar-refractivity contribution in [3.63, 3.8) is 0 Å². The second-order valence-electron chi connectivity index (χ2n) is 6.79. The maximum atomic E-state index is 5.34. The average Bonchev–Trinajstić information content (AvgIpc) is 3.03. The van der Waals surface area contributed by atoms with Gasteiger partial charge in [-0.3, -0.25) is 0 Å². The Morgan fingerprint density at radius 3 is 2.67 bits per heavy atom. The van der Waals surface area contributed by atoms with Crippen LogP contribution in [0, 0.1) is 5.92 Å². The minimum absolute atomic E-state index is 0. The highest BCUT2D eigenvalue weighted by molar-refractivity contribution is 14.0. The van der Waals surface area contributed by atoms with Crippen molar-refractivity contribution in [1.82, 2.24) is 15.8 Å². The molecule has 1 aliphatic carbocycles. The third-order valence-electron chi connectivity index (χ3n) is 4.48. The van der Waals surface area contributed by atoms with Gasteiger partial charge in [-0.25, -0.2) is 4.99 Å². The standard InChI is InChI=1S/C18H32N4O.HI/c1-4-19-18(20-11-10-15-8-6-5-7-9-15)21-13-16-12-17(14(2)3)22-23-16;/h12,14-15H,4-11,13H2,1-3H3,(H2,19,20,21);1H. The molecule has 1 fully saturated rings. The zero-order chi connectivity index (χ0) is 16.5. The van der Waals surface area contributed by atoms with Gasteiger partial charge in [0.25, 0.3) is 0 Å². The first kappa shape index (κ1) is 21.3. The van der Waals surface area contributed by atoms with Crippen molar-refractivity contribution in [2.75, 3.05) is 13.1 Å². The molecular formula is C18H33IN4O. The van der Waals surface area contributed by atoms with E-state index in [0.29, 0.717) is 12.5 Å².